The van der Waals surface area contributed by atoms with Crippen molar-refractivity contribution in [3.63, 3.8) is 0 Å². The number of rotatable bonds is 15. The quantitative estimate of drug-likeness (QED) is 0.366. The molecule has 1 aliphatic rings. The van der Waals surface area contributed by atoms with Crippen LogP contribution in [0.1, 0.15) is 116 Å². The highest BCUT2D eigenvalue weighted by molar-refractivity contribution is 5.80. The summed E-state index contributed by atoms with van der Waals surface area (Å²) in [6.07, 6.45) is 23.1. The maximum absolute atomic E-state index is 12.1. The molecule has 0 bridgehead atoms. The van der Waals surface area contributed by atoms with Crippen LogP contribution in [0.3, 0.4) is 0 Å². The molecule has 136 valence electrons. The topological polar surface area (TPSA) is 43.1 Å². The lowest BCUT2D eigenvalue weighted by atomic mass is 9.84. The molecule has 0 unspecified atom stereocenters. The van der Waals surface area contributed by atoms with Crippen molar-refractivity contribution in [1.82, 2.24) is 0 Å². The van der Waals surface area contributed by atoms with Crippen molar-refractivity contribution in [2.45, 2.75) is 116 Å². The molecule has 0 saturated heterocycles. The van der Waals surface area contributed by atoms with Gasteiger partial charge in [-0.2, -0.15) is 0 Å². The normalized spacial score (nSPS) is 15.9. The molecule has 23 heavy (non-hydrogen) atoms. The van der Waals surface area contributed by atoms with Crippen molar-refractivity contribution in [3.8, 4) is 0 Å². The first kappa shape index (κ1) is 20.7. The highest BCUT2D eigenvalue weighted by atomic mass is 16.1. The van der Waals surface area contributed by atoms with E-state index in [2.05, 4.69) is 0 Å². The monoisotopic (exact) mass is 323 g/mol. The Bertz CT molecular complexity index is 271. The zero-order valence-corrected chi connectivity index (χ0v) is 15.5. The largest absolute Gasteiger partial charge is 0.330 e. The number of unbranched alkanes of at least 4 members (excludes halogenated alkanes) is 11. The Morgan fingerprint density at radius 2 is 1.09 bits per heavy atom. The fourth-order valence-corrected chi connectivity index (χ4v) is 3.84. The van der Waals surface area contributed by atoms with E-state index in [-0.39, 0.29) is 0 Å². The van der Waals surface area contributed by atoms with Gasteiger partial charge in [0, 0.05) is 12.3 Å². The van der Waals surface area contributed by atoms with Gasteiger partial charge in [0.15, 0.2) is 0 Å². The van der Waals surface area contributed by atoms with Crippen molar-refractivity contribution >= 4 is 5.78 Å². The summed E-state index contributed by atoms with van der Waals surface area (Å²) in [6, 6.07) is 0. The molecule has 0 heterocycles. The van der Waals surface area contributed by atoms with E-state index in [1.54, 1.807) is 0 Å². The smallest absolute Gasteiger partial charge is 0.135 e. The molecule has 0 aliphatic heterocycles. The van der Waals surface area contributed by atoms with Crippen LogP contribution < -0.4 is 5.73 Å². The molecule has 2 heteroatoms. The molecule has 0 atom stereocenters. The molecule has 0 radical (unpaired) electrons. The second-order valence-corrected chi connectivity index (χ2v) is 7.58. The average molecular weight is 324 g/mol. The Kier molecular flexibility index (Phi) is 13.6. The second kappa shape index (κ2) is 15.2. The number of nitrogens with two attached hydrogens (primary N) is 1. The fourth-order valence-electron chi connectivity index (χ4n) is 3.84. The lowest BCUT2D eigenvalue weighted by molar-refractivity contribution is -0.123. The third-order valence-corrected chi connectivity index (χ3v) is 5.44. The maximum atomic E-state index is 12.1. The van der Waals surface area contributed by atoms with Gasteiger partial charge in [-0.3, -0.25) is 4.79 Å². The fraction of sp³-hybridized carbons (Fsp3) is 0.952. The van der Waals surface area contributed by atoms with E-state index in [4.69, 9.17) is 5.73 Å². The second-order valence-electron chi connectivity index (χ2n) is 7.58. The first-order valence-corrected chi connectivity index (χ1v) is 10.6. The first-order valence-electron chi connectivity index (χ1n) is 10.6. The summed E-state index contributed by atoms with van der Waals surface area (Å²) in [6.45, 7) is 0.853. The number of ketones is 1. The van der Waals surface area contributed by atoms with Gasteiger partial charge in [0.1, 0.15) is 5.78 Å². The van der Waals surface area contributed by atoms with Gasteiger partial charge in [-0.05, 0) is 32.2 Å². The van der Waals surface area contributed by atoms with E-state index in [1.807, 2.05) is 0 Å². The molecule has 2 N–H and O–H groups in total. The summed E-state index contributed by atoms with van der Waals surface area (Å²) in [5, 5.41) is 0. The summed E-state index contributed by atoms with van der Waals surface area (Å²) in [5.74, 6) is 0.993. The molecular formula is C21H41NO. The maximum Gasteiger partial charge on any atom is 0.135 e. The zero-order valence-electron chi connectivity index (χ0n) is 15.5. The molecule has 1 saturated carbocycles. The van der Waals surface area contributed by atoms with Crippen LogP contribution in [-0.2, 0) is 4.79 Å². The molecule has 0 aromatic heterocycles. The van der Waals surface area contributed by atoms with Crippen molar-refractivity contribution < 1.29 is 4.79 Å². The molecule has 2 nitrogen and oxygen atoms in total. The lowest BCUT2D eigenvalue weighted by Crippen LogP contribution is -2.17. The minimum absolute atomic E-state index is 0.425. The summed E-state index contributed by atoms with van der Waals surface area (Å²) in [4.78, 5) is 12.1. The van der Waals surface area contributed by atoms with Crippen LogP contribution >= 0.6 is 0 Å². The van der Waals surface area contributed by atoms with E-state index in [1.165, 1.54) is 103 Å². The third kappa shape index (κ3) is 11.8. The summed E-state index contributed by atoms with van der Waals surface area (Å²) in [7, 11) is 0. The van der Waals surface area contributed by atoms with Crippen LogP contribution in [0.5, 0.6) is 0 Å². The Hall–Kier alpha value is -0.370. The first-order chi connectivity index (χ1) is 11.3. The highest BCUT2D eigenvalue weighted by Gasteiger charge is 2.19. The van der Waals surface area contributed by atoms with Gasteiger partial charge in [0.25, 0.3) is 0 Å². The molecule has 0 aromatic rings. The van der Waals surface area contributed by atoms with Crippen molar-refractivity contribution in [3.05, 3.63) is 0 Å². The van der Waals surface area contributed by atoms with Crippen LogP contribution in [0.4, 0.5) is 0 Å². The molecule has 0 aromatic carbocycles. The number of carbonyl (C=O) groups is 1. The highest BCUT2D eigenvalue weighted by Crippen LogP contribution is 2.26. The number of hydrogen-bond acceptors (Lipinski definition) is 2. The Labute approximate surface area is 145 Å². The molecular weight excluding hydrogens is 282 g/mol. The lowest BCUT2D eigenvalue weighted by Gasteiger charge is -2.20. The molecule has 0 amide bonds. The zero-order chi connectivity index (χ0) is 16.6. The molecule has 1 rings (SSSR count). The summed E-state index contributed by atoms with van der Waals surface area (Å²) < 4.78 is 0. The minimum atomic E-state index is 0.425. The average Bonchev–Trinajstić information content (AvgIpc) is 2.59. The Morgan fingerprint density at radius 3 is 1.57 bits per heavy atom. The van der Waals surface area contributed by atoms with Gasteiger partial charge in [0.2, 0.25) is 0 Å². The van der Waals surface area contributed by atoms with E-state index in [0.717, 1.165) is 19.4 Å². The van der Waals surface area contributed by atoms with E-state index >= 15 is 0 Å². The van der Waals surface area contributed by atoms with Gasteiger partial charge >= 0.3 is 0 Å². The third-order valence-electron chi connectivity index (χ3n) is 5.44. The summed E-state index contributed by atoms with van der Waals surface area (Å²) >= 11 is 0. The molecule has 1 fully saturated rings. The van der Waals surface area contributed by atoms with Crippen LogP contribution in [0.15, 0.2) is 0 Å². The van der Waals surface area contributed by atoms with Gasteiger partial charge < -0.3 is 5.73 Å². The number of Topliss-reactive ketones (excluding diaryl/α,β-unsaturated/α-hetero) is 1. The van der Waals surface area contributed by atoms with Crippen LogP contribution in [0.2, 0.25) is 0 Å². The van der Waals surface area contributed by atoms with Crippen LogP contribution in [-0.4, -0.2) is 12.3 Å². The van der Waals surface area contributed by atoms with E-state index in [0.29, 0.717) is 11.7 Å². The Balaban J connectivity index is 1.76. The van der Waals surface area contributed by atoms with Gasteiger partial charge in [-0.25, -0.2) is 0 Å². The van der Waals surface area contributed by atoms with Crippen molar-refractivity contribution in [2.75, 3.05) is 6.54 Å². The SMILES string of the molecule is NCCCCCCCCCCCCCCC(=O)C1CCCCC1. The van der Waals surface area contributed by atoms with E-state index in [9.17, 15) is 4.79 Å². The van der Waals surface area contributed by atoms with Gasteiger partial charge in [-0.1, -0.05) is 83.5 Å². The molecule has 1 aliphatic carbocycles. The van der Waals surface area contributed by atoms with Crippen molar-refractivity contribution in [1.29, 1.82) is 0 Å². The standard InChI is InChI=1S/C21H41NO/c22-19-15-10-8-6-4-2-1-3-5-7-9-14-18-21(23)20-16-12-11-13-17-20/h20H,1-19,22H2. The van der Waals surface area contributed by atoms with Crippen LogP contribution in [0, 0.1) is 5.92 Å². The minimum Gasteiger partial charge on any atom is -0.330 e. The molecule has 0 spiro atoms. The number of hydrogen-bond donors (Lipinski definition) is 1. The van der Waals surface area contributed by atoms with Gasteiger partial charge in [-0.15, -0.1) is 0 Å². The van der Waals surface area contributed by atoms with Crippen molar-refractivity contribution in [2.24, 2.45) is 11.7 Å². The van der Waals surface area contributed by atoms with Crippen LogP contribution in [0.25, 0.3) is 0 Å². The summed E-state index contributed by atoms with van der Waals surface area (Å²) in [5.41, 5.74) is 5.49. The predicted octanol–water partition coefficient (Wildman–Crippen LogP) is 6.17. The van der Waals surface area contributed by atoms with E-state index < -0.39 is 0 Å². The van der Waals surface area contributed by atoms with Gasteiger partial charge in [0.05, 0.1) is 0 Å². The number of carbonyl (C=O) groups excluding carboxylic acids is 1. The Morgan fingerprint density at radius 1 is 0.652 bits per heavy atom. The predicted molar refractivity (Wildman–Crippen MR) is 101 cm³/mol.